The van der Waals surface area contributed by atoms with Crippen molar-refractivity contribution >= 4 is 40.9 Å². The quantitative estimate of drug-likeness (QED) is 0.330. The number of nitrogens with zero attached hydrogens (tertiary/aromatic N) is 2. The number of benzene rings is 2. The van der Waals surface area contributed by atoms with Crippen LogP contribution in [0.4, 0.5) is 13.2 Å². The smallest absolute Gasteiger partial charge is 0.351 e. The fourth-order valence-electron chi connectivity index (χ4n) is 2.57. The Bertz CT molecular complexity index is 1080. The van der Waals surface area contributed by atoms with Crippen LogP contribution in [0.2, 0.25) is 10.0 Å². The maximum atomic E-state index is 13.3. The average Bonchev–Trinajstić information content (AvgIpc) is 2.74. The van der Waals surface area contributed by atoms with Gasteiger partial charge in [0.25, 0.3) is 0 Å². The standard InChI is InChI=1S/C21H16Cl2F3N3OS/c1-12(19(30)27-11-13-7-8-15(22)16(23)9-13)31-20-28-17(14-5-3-2-4-6-14)10-18(29-20)21(24,25)26/h2-10,12H,11H2,1H3,(H,27,30)/t12-/m0/s1. The lowest BCUT2D eigenvalue weighted by Crippen LogP contribution is -2.30. The van der Waals surface area contributed by atoms with E-state index in [0.717, 1.165) is 23.4 Å². The van der Waals surface area contributed by atoms with E-state index in [2.05, 4.69) is 15.3 Å². The van der Waals surface area contributed by atoms with Crippen LogP contribution in [0.5, 0.6) is 0 Å². The Morgan fingerprint density at radius 1 is 1.06 bits per heavy atom. The summed E-state index contributed by atoms with van der Waals surface area (Å²) in [6.07, 6.45) is -4.64. The fraction of sp³-hybridized carbons (Fsp3) is 0.190. The van der Waals surface area contributed by atoms with Crippen LogP contribution in [0.25, 0.3) is 11.3 Å². The monoisotopic (exact) mass is 485 g/mol. The number of rotatable bonds is 6. The van der Waals surface area contributed by atoms with E-state index in [9.17, 15) is 18.0 Å². The largest absolute Gasteiger partial charge is 0.433 e. The molecule has 1 aromatic heterocycles. The molecule has 0 spiro atoms. The van der Waals surface area contributed by atoms with Gasteiger partial charge in [-0.05, 0) is 30.7 Å². The first kappa shape index (κ1) is 23.4. The number of halogens is 5. The summed E-state index contributed by atoms with van der Waals surface area (Å²) in [7, 11) is 0. The van der Waals surface area contributed by atoms with Crippen molar-refractivity contribution in [2.75, 3.05) is 0 Å². The van der Waals surface area contributed by atoms with Crippen molar-refractivity contribution < 1.29 is 18.0 Å². The van der Waals surface area contributed by atoms with E-state index in [4.69, 9.17) is 23.2 Å². The molecule has 0 saturated heterocycles. The molecule has 4 nitrogen and oxygen atoms in total. The molecule has 0 aliphatic rings. The summed E-state index contributed by atoms with van der Waals surface area (Å²) >= 11 is 12.7. The van der Waals surface area contributed by atoms with Gasteiger partial charge < -0.3 is 5.32 Å². The molecule has 3 rings (SSSR count). The summed E-state index contributed by atoms with van der Waals surface area (Å²) in [6.45, 7) is 1.76. The predicted octanol–water partition coefficient (Wildman–Crippen LogP) is 6.27. The summed E-state index contributed by atoms with van der Waals surface area (Å²) in [5.74, 6) is -0.377. The van der Waals surface area contributed by atoms with Crippen LogP contribution in [-0.2, 0) is 17.5 Å². The highest BCUT2D eigenvalue weighted by Crippen LogP contribution is 2.33. The molecule has 1 atom stereocenters. The van der Waals surface area contributed by atoms with Gasteiger partial charge in [-0.3, -0.25) is 4.79 Å². The first-order valence-corrected chi connectivity index (χ1v) is 10.7. The number of aromatic nitrogens is 2. The van der Waals surface area contributed by atoms with E-state index in [1.807, 2.05) is 0 Å². The maximum absolute atomic E-state index is 13.3. The van der Waals surface area contributed by atoms with Crippen LogP contribution in [0.3, 0.4) is 0 Å². The molecule has 0 radical (unpaired) electrons. The minimum absolute atomic E-state index is 0.133. The van der Waals surface area contributed by atoms with Crippen molar-refractivity contribution in [1.82, 2.24) is 15.3 Å². The number of alkyl halides is 3. The van der Waals surface area contributed by atoms with Crippen molar-refractivity contribution in [1.29, 1.82) is 0 Å². The van der Waals surface area contributed by atoms with Gasteiger partial charge in [-0.2, -0.15) is 13.2 Å². The summed E-state index contributed by atoms with van der Waals surface area (Å²) in [6, 6.07) is 14.3. The average molecular weight is 486 g/mol. The predicted molar refractivity (Wildman–Crippen MR) is 116 cm³/mol. The summed E-state index contributed by atoms with van der Waals surface area (Å²) < 4.78 is 40.0. The van der Waals surface area contributed by atoms with Gasteiger partial charge in [-0.1, -0.05) is 71.4 Å². The van der Waals surface area contributed by atoms with Crippen molar-refractivity contribution in [2.45, 2.75) is 30.1 Å². The molecule has 1 amide bonds. The lowest BCUT2D eigenvalue weighted by molar-refractivity contribution is -0.141. The van der Waals surface area contributed by atoms with Gasteiger partial charge in [0.1, 0.15) is 5.69 Å². The summed E-state index contributed by atoms with van der Waals surface area (Å²) in [5.41, 5.74) is 0.330. The normalized spacial score (nSPS) is 12.5. The molecule has 0 aliphatic heterocycles. The van der Waals surface area contributed by atoms with Gasteiger partial charge in [-0.25, -0.2) is 9.97 Å². The van der Waals surface area contributed by atoms with Gasteiger partial charge >= 0.3 is 6.18 Å². The molecule has 0 unspecified atom stereocenters. The zero-order valence-electron chi connectivity index (χ0n) is 16.1. The highest BCUT2D eigenvalue weighted by Gasteiger charge is 2.34. The number of thioether (sulfide) groups is 1. The number of amides is 1. The van der Waals surface area contributed by atoms with E-state index >= 15 is 0 Å². The van der Waals surface area contributed by atoms with Gasteiger partial charge in [0.2, 0.25) is 5.91 Å². The van der Waals surface area contributed by atoms with Crippen molar-refractivity contribution in [2.24, 2.45) is 0 Å². The number of hydrogen-bond acceptors (Lipinski definition) is 4. The summed E-state index contributed by atoms with van der Waals surface area (Å²) in [5, 5.41) is 2.62. The van der Waals surface area contributed by atoms with Gasteiger partial charge in [0.05, 0.1) is 21.0 Å². The molecular weight excluding hydrogens is 470 g/mol. The van der Waals surface area contributed by atoms with Crippen LogP contribution in [-0.4, -0.2) is 21.1 Å². The van der Waals surface area contributed by atoms with Crippen LogP contribution < -0.4 is 5.32 Å². The highest BCUT2D eigenvalue weighted by atomic mass is 35.5. The van der Waals surface area contributed by atoms with Crippen molar-refractivity contribution in [3.63, 3.8) is 0 Å². The van der Waals surface area contributed by atoms with E-state index in [1.165, 1.54) is 0 Å². The van der Waals surface area contributed by atoms with Gasteiger partial charge in [0.15, 0.2) is 5.16 Å². The third kappa shape index (κ3) is 6.35. The Morgan fingerprint density at radius 3 is 2.42 bits per heavy atom. The first-order valence-electron chi connectivity index (χ1n) is 9.03. The van der Waals surface area contributed by atoms with Crippen molar-refractivity contribution in [3.8, 4) is 11.3 Å². The molecule has 0 bridgehead atoms. The topological polar surface area (TPSA) is 54.9 Å². The van der Waals surface area contributed by atoms with Crippen molar-refractivity contribution in [3.05, 3.63) is 75.9 Å². The molecule has 1 heterocycles. The Kier molecular flexibility index (Phi) is 7.46. The van der Waals surface area contributed by atoms with Crippen LogP contribution in [0, 0.1) is 0 Å². The molecule has 0 saturated carbocycles. The molecule has 162 valence electrons. The number of carbonyl (C=O) groups is 1. The van der Waals surface area contributed by atoms with Crippen LogP contribution >= 0.6 is 35.0 Å². The van der Waals surface area contributed by atoms with E-state index in [0.29, 0.717) is 15.6 Å². The molecule has 31 heavy (non-hydrogen) atoms. The van der Waals surface area contributed by atoms with Gasteiger partial charge in [0, 0.05) is 12.1 Å². The molecule has 0 fully saturated rings. The summed E-state index contributed by atoms with van der Waals surface area (Å²) in [4.78, 5) is 20.3. The lowest BCUT2D eigenvalue weighted by Gasteiger charge is -2.14. The Hall–Kier alpha value is -2.29. The second-order valence-electron chi connectivity index (χ2n) is 6.51. The second-order valence-corrected chi connectivity index (χ2v) is 8.63. The van der Waals surface area contributed by atoms with E-state index in [-0.39, 0.29) is 23.3 Å². The second kappa shape index (κ2) is 9.89. The van der Waals surface area contributed by atoms with E-state index in [1.54, 1.807) is 55.5 Å². The molecule has 1 N–H and O–H groups in total. The maximum Gasteiger partial charge on any atom is 0.433 e. The molecule has 2 aromatic carbocycles. The zero-order chi connectivity index (χ0) is 22.6. The van der Waals surface area contributed by atoms with Crippen LogP contribution in [0.15, 0.2) is 59.8 Å². The zero-order valence-corrected chi connectivity index (χ0v) is 18.4. The minimum atomic E-state index is -4.64. The fourth-order valence-corrected chi connectivity index (χ4v) is 3.70. The Labute approximate surface area is 191 Å². The highest BCUT2D eigenvalue weighted by molar-refractivity contribution is 8.00. The number of nitrogens with one attached hydrogen (secondary N) is 1. The van der Waals surface area contributed by atoms with Gasteiger partial charge in [-0.15, -0.1) is 0 Å². The third-order valence-electron chi connectivity index (χ3n) is 4.17. The Balaban J connectivity index is 1.75. The Morgan fingerprint density at radius 2 is 1.77 bits per heavy atom. The SMILES string of the molecule is C[C@H](Sc1nc(-c2ccccc2)cc(C(F)(F)F)n1)C(=O)NCc1ccc(Cl)c(Cl)c1. The number of hydrogen-bond donors (Lipinski definition) is 1. The number of carbonyl (C=O) groups excluding carboxylic acids is 1. The minimum Gasteiger partial charge on any atom is -0.351 e. The van der Waals surface area contributed by atoms with Crippen LogP contribution in [0.1, 0.15) is 18.2 Å². The molecule has 10 heteroatoms. The molecule has 3 aromatic rings. The first-order chi connectivity index (χ1) is 14.6. The third-order valence-corrected chi connectivity index (χ3v) is 5.87. The molecular formula is C21H16Cl2F3N3OS. The lowest BCUT2D eigenvalue weighted by atomic mass is 10.1. The molecule has 0 aliphatic carbocycles. The van der Waals surface area contributed by atoms with E-state index < -0.39 is 17.1 Å².